The molecular weight excluding hydrogens is 203 g/mol. The van der Waals surface area contributed by atoms with Crippen LogP contribution in [0.25, 0.3) is 0 Å². The standard InChI is InChI=1S/C11H14F3N/c1-3-15(11(12,13)14)8-10-6-4-5-9(2)7-10/h4-7H,3,8H2,1-2H3. The molecule has 0 fully saturated rings. The molecule has 15 heavy (non-hydrogen) atoms. The second-order valence-electron chi connectivity index (χ2n) is 3.47. The minimum absolute atomic E-state index is 0.0303. The summed E-state index contributed by atoms with van der Waals surface area (Å²) in [7, 11) is 0. The number of rotatable bonds is 3. The third-order valence-electron chi connectivity index (χ3n) is 2.20. The summed E-state index contributed by atoms with van der Waals surface area (Å²) < 4.78 is 37.3. The number of alkyl halides is 3. The van der Waals surface area contributed by atoms with Crippen molar-refractivity contribution >= 4 is 0 Å². The van der Waals surface area contributed by atoms with Gasteiger partial charge >= 0.3 is 6.30 Å². The molecule has 4 heteroatoms. The summed E-state index contributed by atoms with van der Waals surface area (Å²) in [5.41, 5.74) is 1.67. The largest absolute Gasteiger partial charge is 0.460 e. The topological polar surface area (TPSA) is 3.24 Å². The molecule has 84 valence electrons. The van der Waals surface area contributed by atoms with Gasteiger partial charge in [0.1, 0.15) is 0 Å². The van der Waals surface area contributed by atoms with E-state index in [-0.39, 0.29) is 13.1 Å². The highest BCUT2D eigenvalue weighted by Crippen LogP contribution is 2.23. The van der Waals surface area contributed by atoms with Crippen LogP contribution in [-0.4, -0.2) is 17.7 Å². The predicted octanol–water partition coefficient (Wildman–Crippen LogP) is 3.34. The minimum Gasteiger partial charge on any atom is -0.210 e. The van der Waals surface area contributed by atoms with Crippen LogP contribution in [0.3, 0.4) is 0 Å². The molecule has 0 bridgehead atoms. The molecule has 0 radical (unpaired) electrons. The van der Waals surface area contributed by atoms with E-state index >= 15 is 0 Å². The Balaban J connectivity index is 2.76. The molecule has 0 saturated carbocycles. The summed E-state index contributed by atoms with van der Waals surface area (Å²) in [6.07, 6.45) is -4.25. The fourth-order valence-corrected chi connectivity index (χ4v) is 1.41. The molecule has 0 aliphatic carbocycles. The van der Waals surface area contributed by atoms with Gasteiger partial charge in [0, 0.05) is 13.1 Å². The maximum Gasteiger partial charge on any atom is 0.460 e. The quantitative estimate of drug-likeness (QED) is 0.702. The lowest BCUT2D eigenvalue weighted by Crippen LogP contribution is -2.37. The van der Waals surface area contributed by atoms with Crippen molar-refractivity contribution in [3.8, 4) is 0 Å². The first-order valence-electron chi connectivity index (χ1n) is 4.81. The third-order valence-corrected chi connectivity index (χ3v) is 2.20. The maximum atomic E-state index is 12.4. The van der Waals surface area contributed by atoms with E-state index in [1.54, 1.807) is 18.2 Å². The summed E-state index contributed by atoms with van der Waals surface area (Å²) in [6.45, 7) is 3.26. The van der Waals surface area contributed by atoms with Crippen LogP contribution >= 0.6 is 0 Å². The number of halogens is 3. The lowest BCUT2D eigenvalue weighted by Gasteiger charge is -2.23. The van der Waals surface area contributed by atoms with E-state index in [9.17, 15) is 13.2 Å². The fourth-order valence-electron chi connectivity index (χ4n) is 1.41. The Labute approximate surface area is 87.5 Å². The van der Waals surface area contributed by atoms with E-state index in [0.29, 0.717) is 10.5 Å². The Morgan fingerprint density at radius 2 is 1.93 bits per heavy atom. The predicted molar refractivity (Wildman–Crippen MR) is 53.3 cm³/mol. The Morgan fingerprint density at radius 1 is 1.27 bits per heavy atom. The second-order valence-corrected chi connectivity index (χ2v) is 3.47. The summed E-state index contributed by atoms with van der Waals surface area (Å²) >= 11 is 0. The average molecular weight is 217 g/mol. The second kappa shape index (κ2) is 4.66. The molecule has 0 aliphatic heterocycles. The molecule has 1 aromatic rings. The molecule has 0 atom stereocenters. The maximum absolute atomic E-state index is 12.4. The van der Waals surface area contributed by atoms with Crippen LogP contribution in [0.2, 0.25) is 0 Å². The zero-order valence-electron chi connectivity index (χ0n) is 8.80. The normalized spacial score (nSPS) is 12.1. The highest BCUT2D eigenvalue weighted by Gasteiger charge is 2.35. The first-order valence-corrected chi connectivity index (χ1v) is 4.81. The van der Waals surface area contributed by atoms with Crippen molar-refractivity contribution in [3.63, 3.8) is 0 Å². The van der Waals surface area contributed by atoms with Crippen molar-refractivity contribution in [1.82, 2.24) is 4.90 Å². The average Bonchev–Trinajstić information content (AvgIpc) is 2.12. The zero-order valence-corrected chi connectivity index (χ0v) is 8.80. The lowest BCUT2D eigenvalue weighted by molar-refractivity contribution is -0.247. The van der Waals surface area contributed by atoms with E-state index in [1.807, 2.05) is 13.0 Å². The van der Waals surface area contributed by atoms with Gasteiger partial charge in [-0.2, -0.15) is 13.2 Å². The molecule has 0 spiro atoms. The monoisotopic (exact) mass is 217 g/mol. The van der Waals surface area contributed by atoms with E-state index in [2.05, 4.69) is 0 Å². The van der Waals surface area contributed by atoms with E-state index < -0.39 is 6.30 Å². The molecule has 0 aliphatic rings. The van der Waals surface area contributed by atoms with Gasteiger partial charge in [0.15, 0.2) is 0 Å². The Kier molecular flexibility index (Phi) is 3.74. The molecule has 0 saturated heterocycles. The first kappa shape index (κ1) is 12.0. The van der Waals surface area contributed by atoms with Gasteiger partial charge in [-0.3, -0.25) is 0 Å². The van der Waals surface area contributed by atoms with E-state index in [0.717, 1.165) is 5.56 Å². The first-order chi connectivity index (χ1) is 6.93. The molecule has 0 heterocycles. The van der Waals surface area contributed by atoms with Crippen molar-refractivity contribution in [2.45, 2.75) is 26.7 Å². The van der Waals surface area contributed by atoms with Crippen LogP contribution in [0.15, 0.2) is 24.3 Å². The number of nitrogens with zero attached hydrogens (tertiary/aromatic N) is 1. The Bertz CT molecular complexity index is 320. The van der Waals surface area contributed by atoms with Gasteiger partial charge in [0.2, 0.25) is 0 Å². The molecular formula is C11H14F3N. The molecule has 0 amide bonds. The fraction of sp³-hybridized carbons (Fsp3) is 0.455. The van der Waals surface area contributed by atoms with Gasteiger partial charge in [0.05, 0.1) is 0 Å². The molecule has 1 rings (SSSR count). The Morgan fingerprint density at radius 3 is 2.40 bits per heavy atom. The van der Waals surface area contributed by atoms with Gasteiger partial charge in [-0.05, 0) is 12.5 Å². The number of hydrogen-bond donors (Lipinski definition) is 0. The van der Waals surface area contributed by atoms with Crippen molar-refractivity contribution in [2.75, 3.05) is 6.54 Å². The van der Waals surface area contributed by atoms with Gasteiger partial charge < -0.3 is 0 Å². The molecule has 1 aromatic carbocycles. The number of aryl methyl sites for hydroxylation is 1. The van der Waals surface area contributed by atoms with Gasteiger partial charge in [-0.15, -0.1) is 0 Å². The third kappa shape index (κ3) is 3.55. The minimum atomic E-state index is -4.25. The SMILES string of the molecule is CCN(Cc1cccc(C)c1)C(F)(F)F. The Hall–Kier alpha value is -1.03. The van der Waals surface area contributed by atoms with Crippen LogP contribution in [0.1, 0.15) is 18.1 Å². The highest BCUT2D eigenvalue weighted by atomic mass is 19.4. The highest BCUT2D eigenvalue weighted by molar-refractivity contribution is 5.22. The van der Waals surface area contributed by atoms with Crippen LogP contribution in [0, 0.1) is 6.92 Å². The molecule has 0 unspecified atom stereocenters. The van der Waals surface area contributed by atoms with E-state index in [1.165, 1.54) is 6.92 Å². The van der Waals surface area contributed by atoms with E-state index in [4.69, 9.17) is 0 Å². The van der Waals surface area contributed by atoms with Crippen LogP contribution in [-0.2, 0) is 6.54 Å². The van der Waals surface area contributed by atoms with Crippen LogP contribution in [0.4, 0.5) is 13.2 Å². The van der Waals surface area contributed by atoms with Gasteiger partial charge in [0.25, 0.3) is 0 Å². The van der Waals surface area contributed by atoms with Gasteiger partial charge in [-0.25, -0.2) is 4.90 Å². The summed E-state index contributed by atoms with van der Waals surface area (Å²) in [6, 6.07) is 7.12. The number of benzene rings is 1. The molecule has 0 N–H and O–H groups in total. The summed E-state index contributed by atoms with van der Waals surface area (Å²) in [5, 5.41) is 0. The van der Waals surface area contributed by atoms with Crippen LogP contribution in [0.5, 0.6) is 0 Å². The summed E-state index contributed by atoms with van der Waals surface area (Å²) in [4.78, 5) is 0.488. The summed E-state index contributed by atoms with van der Waals surface area (Å²) in [5.74, 6) is 0. The van der Waals surface area contributed by atoms with Crippen molar-refractivity contribution in [1.29, 1.82) is 0 Å². The van der Waals surface area contributed by atoms with Crippen molar-refractivity contribution < 1.29 is 13.2 Å². The smallest absolute Gasteiger partial charge is 0.210 e. The van der Waals surface area contributed by atoms with Crippen molar-refractivity contribution in [2.24, 2.45) is 0 Å². The zero-order chi connectivity index (χ0) is 11.5. The lowest BCUT2D eigenvalue weighted by atomic mass is 10.1. The molecule has 0 aromatic heterocycles. The van der Waals surface area contributed by atoms with Gasteiger partial charge in [-0.1, -0.05) is 36.8 Å². The number of hydrogen-bond acceptors (Lipinski definition) is 1. The van der Waals surface area contributed by atoms with Crippen molar-refractivity contribution in [3.05, 3.63) is 35.4 Å². The van der Waals surface area contributed by atoms with Crippen LogP contribution < -0.4 is 0 Å². The molecule has 1 nitrogen and oxygen atoms in total.